The summed E-state index contributed by atoms with van der Waals surface area (Å²) < 4.78 is 25.6. The molecular formula is C20H16BFO2. The van der Waals surface area contributed by atoms with E-state index in [9.17, 15) is 4.39 Å². The van der Waals surface area contributed by atoms with Gasteiger partial charge in [0.1, 0.15) is 5.82 Å². The summed E-state index contributed by atoms with van der Waals surface area (Å²) in [4.78, 5) is 0. The quantitative estimate of drug-likeness (QED) is 0.678. The molecule has 118 valence electrons. The molecule has 4 heteroatoms. The molecule has 0 aromatic heterocycles. The monoisotopic (exact) mass is 318 g/mol. The molecule has 0 bridgehead atoms. The van der Waals surface area contributed by atoms with Crippen LogP contribution in [-0.4, -0.2) is 7.12 Å². The van der Waals surface area contributed by atoms with E-state index >= 15 is 0 Å². The highest BCUT2D eigenvalue weighted by molar-refractivity contribution is 6.61. The molecule has 0 radical (unpaired) electrons. The molecule has 1 aliphatic rings. The van der Waals surface area contributed by atoms with E-state index in [4.69, 9.17) is 9.31 Å². The molecule has 1 fully saturated rings. The predicted octanol–water partition coefficient (Wildman–Crippen LogP) is 4.05. The van der Waals surface area contributed by atoms with Crippen molar-refractivity contribution in [1.29, 1.82) is 0 Å². The lowest BCUT2D eigenvalue weighted by Crippen LogP contribution is -2.31. The lowest BCUT2D eigenvalue weighted by molar-refractivity contribution is 0.159. The Morgan fingerprint density at radius 1 is 0.625 bits per heavy atom. The molecular weight excluding hydrogens is 302 g/mol. The van der Waals surface area contributed by atoms with E-state index in [1.807, 2.05) is 60.7 Å². The van der Waals surface area contributed by atoms with Gasteiger partial charge in [-0.25, -0.2) is 4.39 Å². The molecule has 3 aromatic rings. The largest absolute Gasteiger partial charge is 0.494 e. The summed E-state index contributed by atoms with van der Waals surface area (Å²) in [6.45, 7) is 0. The minimum atomic E-state index is -0.513. The van der Waals surface area contributed by atoms with Crippen LogP contribution in [0.3, 0.4) is 0 Å². The van der Waals surface area contributed by atoms with Crippen molar-refractivity contribution in [2.75, 3.05) is 0 Å². The fraction of sp³-hybridized carbons (Fsp3) is 0.100. The first-order valence-electron chi connectivity index (χ1n) is 7.97. The second kappa shape index (κ2) is 6.60. The number of rotatable bonds is 3. The van der Waals surface area contributed by atoms with E-state index < -0.39 is 7.12 Å². The molecule has 3 aromatic carbocycles. The van der Waals surface area contributed by atoms with Gasteiger partial charge in [-0.15, -0.1) is 0 Å². The molecule has 0 aliphatic carbocycles. The smallest absolute Gasteiger partial charge is 0.397 e. The van der Waals surface area contributed by atoms with Crippen molar-refractivity contribution in [2.45, 2.75) is 12.2 Å². The molecule has 0 spiro atoms. The molecule has 0 amide bonds. The van der Waals surface area contributed by atoms with Gasteiger partial charge >= 0.3 is 7.12 Å². The van der Waals surface area contributed by atoms with Gasteiger partial charge < -0.3 is 9.31 Å². The highest BCUT2D eigenvalue weighted by Gasteiger charge is 2.42. The van der Waals surface area contributed by atoms with Crippen molar-refractivity contribution in [2.24, 2.45) is 0 Å². The second-order valence-corrected chi connectivity index (χ2v) is 5.82. The van der Waals surface area contributed by atoms with E-state index in [0.717, 1.165) is 16.6 Å². The lowest BCUT2D eigenvalue weighted by Gasteiger charge is -2.19. The van der Waals surface area contributed by atoms with Crippen molar-refractivity contribution in [1.82, 2.24) is 0 Å². The van der Waals surface area contributed by atoms with Crippen LogP contribution < -0.4 is 5.46 Å². The zero-order valence-electron chi connectivity index (χ0n) is 13.0. The van der Waals surface area contributed by atoms with E-state index in [0.29, 0.717) is 0 Å². The van der Waals surface area contributed by atoms with Gasteiger partial charge in [-0.1, -0.05) is 72.8 Å². The molecule has 1 saturated heterocycles. The van der Waals surface area contributed by atoms with Crippen LogP contribution in [0.2, 0.25) is 0 Å². The summed E-state index contributed by atoms with van der Waals surface area (Å²) in [7, 11) is -0.513. The van der Waals surface area contributed by atoms with Crippen LogP contribution in [0, 0.1) is 5.82 Å². The van der Waals surface area contributed by atoms with Gasteiger partial charge in [0.25, 0.3) is 0 Å². The van der Waals surface area contributed by atoms with Crippen LogP contribution in [0.4, 0.5) is 4.39 Å². The molecule has 0 N–H and O–H groups in total. The van der Waals surface area contributed by atoms with E-state index in [2.05, 4.69) is 0 Å². The van der Waals surface area contributed by atoms with E-state index in [1.54, 1.807) is 12.1 Å². The van der Waals surface area contributed by atoms with E-state index in [-0.39, 0.29) is 18.0 Å². The Morgan fingerprint density at radius 2 is 1.08 bits per heavy atom. The van der Waals surface area contributed by atoms with Crippen LogP contribution in [0.15, 0.2) is 84.9 Å². The third-order valence-corrected chi connectivity index (χ3v) is 4.21. The maximum absolute atomic E-state index is 13.2. The van der Waals surface area contributed by atoms with Gasteiger partial charge in [-0.2, -0.15) is 0 Å². The molecule has 4 rings (SSSR count). The van der Waals surface area contributed by atoms with Gasteiger partial charge in [0, 0.05) is 0 Å². The maximum Gasteiger partial charge on any atom is 0.494 e. The molecule has 2 nitrogen and oxygen atoms in total. The fourth-order valence-electron chi connectivity index (χ4n) is 3.01. The third-order valence-electron chi connectivity index (χ3n) is 4.21. The van der Waals surface area contributed by atoms with Crippen LogP contribution in [0.1, 0.15) is 23.3 Å². The average molecular weight is 318 g/mol. The fourth-order valence-corrected chi connectivity index (χ4v) is 3.01. The zero-order valence-corrected chi connectivity index (χ0v) is 13.0. The molecule has 24 heavy (non-hydrogen) atoms. The first-order valence-corrected chi connectivity index (χ1v) is 7.97. The second-order valence-electron chi connectivity index (χ2n) is 5.82. The number of hydrogen-bond donors (Lipinski definition) is 0. The Bertz CT molecular complexity index is 745. The summed E-state index contributed by atoms with van der Waals surface area (Å²) >= 11 is 0. The Balaban J connectivity index is 1.68. The summed E-state index contributed by atoms with van der Waals surface area (Å²) in [6, 6.07) is 26.3. The topological polar surface area (TPSA) is 18.5 Å². The number of halogens is 1. The van der Waals surface area contributed by atoms with Crippen molar-refractivity contribution < 1.29 is 13.7 Å². The van der Waals surface area contributed by atoms with Crippen LogP contribution in [0.5, 0.6) is 0 Å². The highest BCUT2D eigenvalue weighted by Crippen LogP contribution is 2.41. The lowest BCUT2D eigenvalue weighted by atomic mass is 9.79. The Morgan fingerprint density at radius 3 is 1.54 bits per heavy atom. The Kier molecular flexibility index (Phi) is 4.16. The molecule has 0 saturated carbocycles. The third kappa shape index (κ3) is 2.98. The first kappa shape index (κ1) is 15.1. The molecule has 2 atom stereocenters. The molecule has 1 aliphatic heterocycles. The minimum Gasteiger partial charge on any atom is -0.397 e. The first-order chi connectivity index (χ1) is 11.8. The van der Waals surface area contributed by atoms with Crippen molar-refractivity contribution >= 4 is 12.6 Å². The van der Waals surface area contributed by atoms with Crippen LogP contribution in [0.25, 0.3) is 0 Å². The van der Waals surface area contributed by atoms with Gasteiger partial charge in [0.05, 0.1) is 12.2 Å². The van der Waals surface area contributed by atoms with Crippen LogP contribution >= 0.6 is 0 Å². The van der Waals surface area contributed by atoms with Gasteiger partial charge in [-0.05, 0) is 28.7 Å². The van der Waals surface area contributed by atoms with Gasteiger partial charge in [0.2, 0.25) is 0 Å². The maximum atomic E-state index is 13.2. The van der Waals surface area contributed by atoms with Crippen LogP contribution in [-0.2, 0) is 9.31 Å². The Labute approximate surface area is 141 Å². The minimum absolute atomic E-state index is 0.205. The van der Waals surface area contributed by atoms with Gasteiger partial charge in [-0.3, -0.25) is 0 Å². The standard InChI is InChI=1S/C20H16BFO2/c22-18-13-11-17(12-14-18)21-23-19(15-7-3-1-4-8-15)20(24-21)16-9-5-2-6-10-16/h1-14,19-20H/t19-,20-/m1/s1. The number of benzene rings is 3. The summed E-state index contributed by atoms with van der Waals surface area (Å²) in [6.07, 6.45) is -0.410. The summed E-state index contributed by atoms with van der Waals surface area (Å²) in [5, 5.41) is 0. The summed E-state index contributed by atoms with van der Waals surface area (Å²) in [5.41, 5.74) is 2.95. The molecule has 0 unspecified atom stereocenters. The van der Waals surface area contributed by atoms with Gasteiger partial charge in [0.15, 0.2) is 0 Å². The van der Waals surface area contributed by atoms with E-state index in [1.165, 1.54) is 12.1 Å². The Hall–Kier alpha value is -2.43. The zero-order chi connectivity index (χ0) is 16.4. The summed E-state index contributed by atoms with van der Waals surface area (Å²) in [5.74, 6) is -0.268. The highest BCUT2D eigenvalue weighted by atomic mass is 19.1. The SMILES string of the molecule is Fc1ccc(B2O[C@H](c3ccccc3)[C@@H](c3ccccc3)O2)cc1. The number of hydrogen-bond acceptors (Lipinski definition) is 2. The van der Waals surface area contributed by atoms with Crippen molar-refractivity contribution in [3.8, 4) is 0 Å². The predicted molar refractivity (Wildman–Crippen MR) is 92.3 cm³/mol. The van der Waals surface area contributed by atoms with Crippen molar-refractivity contribution in [3.05, 3.63) is 102 Å². The normalized spacial score (nSPS) is 20.3. The average Bonchev–Trinajstić information content (AvgIpc) is 3.09. The molecule has 1 heterocycles. The van der Waals surface area contributed by atoms with Crippen molar-refractivity contribution in [3.63, 3.8) is 0 Å².